The molecule has 0 saturated carbocycles. The summed E-state index contributed by atoms with van der Waals surface area (Å²) in [6.45, 7) is 1.36. The topological polar surface area (TPSA) is 92.7 Å². The van der Waals surface area contributed by atoms with Gasteiger partial charge in [-0.25, -0.2) is 12.8 Å². The Bertz CT molecular complexity index is 959. The molecule has 0 aliphatic carbocycles. The average Bonchev–Trinajstić information content (AvgIpc) is 2.58. The number of carboxylic acids is 1. The van der Waals surface area contributed by atoms with E-state index in [4.69, 9.17) is 33.0 Å². The number of carbonyl (C=O) groups is 1. The third kappa shape index (κ3) is 6.54. The van der Waals surface area contributed by atoms with Crippen LogP contribution in [-0.2, 0) is 27.8 Å². The van der Waals surface area contributed by atoms with Crippen molar-refractivity contribution in [2.45, 2.75) is 26.4 Å². The molecular formula is C18H18Cl2FNO5S. The predicted octanol–water partition coefficient (Wildman–Crippen LogP) is 4.49. The van der Waals surface area contributed by atoms with Gasteiger partial charge in [-0.2, -0.15) is 0 Å². The van der Waals surface area contributed by atoms with Crippen molar-refractivity contribution in [3.8, 4) is 5.75 Å². The first-order chi connectivity index (χ1) is 13.1. The fourth-order valence-corrected chi connectivity index (χ4v) is 3.61. The van der Waals surface area contributed by atoms with Crippen LogP contribution in [0.5, 0.6) is 5.75 Å². The summed E-state index contributed by atoms with van der Waals surface area (Å²) >= 11 is 12.3. The van der Waals surface area contributed by atoms with Crippen molar-refractivity contribution in [2.24, 2.45) is 0 Å². The number of ether oxygens (including phenoxy) is 1. The molecule has 2 aromatic carbocycles. The Labute approximate surface area is 172 Å². The number of sulfonamides is 1. The minimum atomic E-state index is -3.54. The Morgan fingerprint density at radius 3 is 2.36 bits per heavy atom. The summed E-state index contributed by atoms with van der Waals surface area (Å²) in [6, 6.07) is 6.82. The maximum absolute atomic E-state index is 13.8. The molecule has 0 atom stereocenters. The van der Waals surface area contributed by atoms with Crippen LogP contribution in [0.3, 0.4) is 0 Å². The van der Waals surface area contributed by atoms with E-state index < -0.39 is 21.8 Å². The van der Waals surface area contributed by atoms with Gasteiger partial charge < -0.3 is 9.84 Å². The van der Waals surface area contributed by atoms with Gasteiger partial charge >= 0.3 is 5.97 Å². The summed E-state index contributed by atoms with van der Waals surface area (Å²) in [7, 11) is -3.54. The molecule has 0 fully saturated rings. The van der Waals surface area contributed by atoms with E-state index in [1.165, 1.54) is 19.1 Å². The standard InChI is InChI=1S/C18H18Cl2FNO5S/c1-2-28(25,26)22-14-6-12(5-13(21)9-14)10-27-18-15(19)7-11(8-16(18)20)3-4-17(23)24/h5-9,22H,2-4,10H2,1H3,(H,23,24). The molecule has 0 aliphatic rings. The van der Waals surface area contributed by atoms with Crippen molar-refractivity contribution in [3.05, 3.63) is 57.3 Å². The second kappa shape index (κ2) is 9.45. The van der Waals surface area contributed by atoms with Crippen LogP contribution >= 0.6 is 23.2 Å². The highest BCUT2D eigenvalue weighted by atomic mass is 35.5. The number of aryl methyl sites for hydroxylation is 1. The third-order valence-corrected chi connectivity index (χ3v) is 5.55. The molecule has 2 rings (SSSR count). The van der Waals surface area contributed by atoms with Crippen molar-refractivity contribution >= 4 is 44.9 Å². The van der Waals surface area contributed by atoms with Crippen LogP contribution in [0.4, 0.5) is 10.1 Å². The lowest BCUT2D eigenvalue weighted by atomic mass is 10.1. The minimum absolute atomic E-state index is 0.0629. The maximum atomic E-state index is 13.8. The van der Waals surface area contributed by atoms with E-state index in [1.54, 1.807) is 12.1 Å². The molecule has 0 bridgehead atoms. The van der Waals surface area contributed by atoms with E-state index in [-0.39, 0.29) is 46.7 Å². The van der Waals surface area contributed by atoms with Gasteiger partial charge in [0.1, 0.15) is 12.4 Å². The van der Waals surface area contributed by atoms with Crippen LogP contribution in [-0.4, -0.2) is 25.2 Å². The van der Waals surface area contributed by atoms with Crippen LogP contribution in [0.25, 0.3) is 0 Å². The monoisotopic (exact) mass is 449 g/mol. The number of rotatable bonds is 9. The van der Waals surface area contributed by atoms with Gasteiger partial charge in [-0.3, -0.25) is 9.52 Å². The lowest BCUT2D eigenvalue weighted by molar-refractivity contribution is -0.136. The molecule has 6 nitrogen and oxygen atoms in total. The highest BCUT2D eigenvalue weighted by Crippen LogP contribution is 2.35. The summed E-state index contributed by atoms with van der Waals surface area (Å²) in [4.78, 5) is 10.7. The lowest BCUT2D eigenvalue weighted by Gasteiger charge is -2.13. The van der Waals surface area contributed by atoms with Crippen LogP contribution in [0.15, 0.2) is 30.3 Å². The average molecular weight is 450 g/mol. The fraction of sp³-hybridized carbons (Fsp3) is 0.278. The molecule has 10 heteroatoms. The van der Waals surface area contributed by atoms with E-state index in [0.29, 0.717) is 11.1 Å². The van der Waals surface area contributed by atoms with Crippen LogP contribution in [0.1, 0.15) is 24.5 Å². The summed E-state index contributed by atoms with van der Waals surface area (Å²) < 4.78 is 45.0. The van der Waals surface area contributed by atoms with Gasteiger partial charge in [0.2, 0.25) is 10.0 Å². The second-order valence-corrected chi connectivity index (χ2v) is 8.75. The number of anilines is 1. The van der Waals surface area contributed by atoms with Crippen LogP contribution in [0.2, 0.25) is 10.0 Å². The van der Waals surface area contributed by atoms with Gasteiger partial charge in [-0.15, -0.1) is 0 Å². The molecule has 0 aliphatic heterocycles. The zero-order valence-corrected chi connectivity index (χ0v) is 17.2. The SMILES string of the molecule is CCS(=O)(=O)Nc1cc(F)cc(COc2c(Cl)cc(CCC(=O)O)cc2Cl)c1. The normalized spacial score (nSPS) is 11.3. The Balaban J connectivity index is 2.15. The molecule has 152 valence electrons. The van der Waals surface area contributed by atoms with E-state index in [1.807, 2.05) is 0 Å². The van der Waals surface area contributed by atoms with Crippen molar-refractivity contribution in [1.29, 1.82) is 0 Å². The number of benzene rings is 2. The van der Waals surface area contributed by atoms with Crippen LogP contribution in [0, 0.1) is 5.82 Å². The summed E-state index contributed by atoms with van der Waals surface area (Å²) in [5.41, 5.74) is 1.10. The summed E-state index contributed by atoms with van der Waals surface area (Å²) in [6.07, 6.45) is 0.201. The molecule has 0 radical (unpaired) electrons. The molecule has 0 saturated heterocycles. The first kappa shape index (κ1) is 22.3. The van der Waals surface area contributed by atoms with E-state index in [9.17, 15) is 17.6 Å². The second-order valence-electron chi connectivity index (χ2n) is 5.92. The number of carboxylic acid groups (broad SMARTS) is 1. The highest BCUT2D eigenvalue weighted by Gasteiger charge is 2.13. The molecule has 0 spiro atoms. The number of hydrogen-bond acceptors (Lipinski definition) is 4. The van der Waals surface area contributed by atoms with Gasteiger partial charge in [0.25, 0.3) is 0 Å². The highest BCUT2D eigenvalue weighted by molar-refractivity contribution is 7.92. The summed E-state index contributed by atoms with van der Waals surface area (Å²) in [5.74, 6) is -1.54. The zero-order chi connectivity index (χ0) is 20.9. The number of hydrogen-bond donors (Lipinski definition) is 2. The van der Waals surface area contributed by atoms with Gasteiger partial charge in [-0.1, -0.05) is 23.2 Å². The number of nitrogens with one attached hydrogen (secondary N) is 1. The van der Waals surface area contributed by atoms with E-state index in [0.717, 1.165) is 6.07 Å². The molecule has 0 aromatic heterocycles. The van der Waals surface area contributed by atoms with Gasteiger partial charge in [-0.05, 0) is 54.8 Å². The van der Waals surface area contributed by atoms with Crippen molar-refractivity contribution < 1.29 is 27.4 Å². The third-order valence-electron chi connectivity index (χ3n) is 3.68. The molecule has 28 heavy (non-hydrogen) atoms. The Morgan fingerprint density at radius 1 is 1.14 bits per heavy atom. The number of aliphatic carboxylic acids is 1. The van der Waals surface area contributed by atoms with Crippen molar-refractivity contribution in [2.75, 3.05) is 10.5 Å². The first-order valence-electron chi connectivity index (χ1n) is 8.22. The van der Waals surface area contributed by atoms with Gasteiger partial charge in [0.15, 0.2) is 5.75 Å². The van der Waals surface area contributed by atoms with Crippen molar-refractivity contribution in [1.82, 2.24) is 0 Å². The predicted molar refractivity (Wildman–Crippen MR) is 106 cm³/mol. The van der Waals surface area contributed by atoms with Crippen molar-refractivity contribution in [3.63, 3.8) is 0 Å². The zero-order valence-electron chi connectivity index (χ0n) is 14.8. The smallest absolute Gasteiger partial charge is 0.303 e. The molecular weight excluding hydrogens is 432 g/mol. The molecule has 2 aromatic rings. The maximum Gasteiger partial charge on any atom is 0.303 e. The molecule has 2 N–H and O–H groups in total. The Morgan fingerprint density at radius 2 is 1.79 bits per heavy atom. The molecule has 0 unspecified atom stereocenters. The fourth-order valence-electron chi connectivity index (χ4n) is 2.35. The first-order valence-corrected chi connectivity index (χ1v) is 10.6. The Hall–Kier alpha value is -2.03. The Kier molecular flexibility index (Phi) is 7.51. The number of halogens is 3. The van der Waals surface area contributed by atoms with E-state index in [2.05, 4.69) is 4.72 Å². The largest absolute Gasteiger partial charge is 0.486 e. The van der Waals surface area contributed by atoms with E-state index >= 15 is 0 Å². The summed E-state index contributed by atoms with van der Waals surface area (Å²) in [5, 5.41) is 9.13. The van der Waals surface area contributed by atoms with Gasteiger partial charge in [0, 0.05) is 6.42 Å². The van der Waals surface area contributed by atoms with Gasteiger partial charge in [0.05, 0.1) is 21.5 Å². The molecule has 0 amide bonds. The minimum Gasteiger partial charge on any atom is -0.486 e. The lowest BCUT2D eigenvalue weighted by Crippen LogP contribution is -2.15. The van der Waals surface area contributed by atoms with Crippen LogP contribution < -0.4 is 9.46 Å². The molecule has 0 heterocycles. The quantitative estimate of drug-likeness (QED) is 0.587.